The lowest BCUT2D eigenvalue weighted by Gasteiger charge is -2.16. The number of hydrogen-bond donors (Lipinski definition) is 1. The van der Waals surface area contributed by atoms with Crippen molar-refractivity contribution in [1.29, 1.82) is 0 Å². The van der Waals surface area contributed by atoms with Crippen molar-refractivity contribution in [3.05, 3.63) is 122 Å². The van der Waals surface area contributed by atoms with E-state index >= 15 is 0 Å². The number of fused-ring (bicyclic) bond motifs is 1. The summed E-state index contributed by atoms with van der Waals surface area (Å²) >= 11 is 0. The molecule has 4 aromatic rings. The van der Waals surface area contributed by atoms with Gasteiger partial charge in [-0.1, -0.05) is 36.4 Å². The van der Waals surface area contributed by atoms with Gasteiger partial charge in [-0.2, -0.15) is 0 Å². The summed E-state index contributed by atoms with van der Waals surface area (Å²) in [7, 11) is 0. The molecule has 1 N–H and O–H groups in total. The van der Waals surface area contributed by atoms with Crippen molar-refractivity contribution in [2.45, 2.75) is 12.3 Å². The van der Waals surface area contributed by atoms with Crippen molar-refractivity contribution in [3.8, 4) is 0 Å². The number of ketones is 1. The maximum Gasteiger partial charge on any atom is 0.269 e. The second-order valence-corrected chi connectivity index (χ2v) is 7.54. The number of benzene rings is 3. The Balaban J connectivity index is 1.62. The molecule has 0 aliphatic carbocycles. The fraction of sp³-hybridized carbons (Fsp3) is 0.0800. The zero-order chi connectivity index (χ0) is 23.4. The maximum atomic E-state index is 12.9. The Morgan fingerprint density at radius 1 is 0.879 bits per heavy atom. The minimum absolute atomic E-state index is 0.0131. The highest BCUT2D eigenvalue weighted by molar-refractivity contribution is 5.95. The van der Waals surface area contributed by atoms with Gasteiger partial charge in [0.25, 0.3) is 11.4 Å². The number of carbonyl (C=O) groups excluding carboxylic acids is 1. The van der Waals surface area contributed by atoms with E-state index in [2.05, 4.69) is 4.98 Å². The molecule has 1 atom stereocenters. The largest absolute Gasteiger partial charge is 0.361 e. The molecule has 4 rings (SSSR count). The van der Waals surface area contributed by atoms with Gasteiger partial charge >= 0.3 is 0 Å². The number of non-ortho nitro benzene ring substituents is 2. The number of para-hydroxylation sites is 1. The van der Waals surface area contributed by atoms with E-state index < -0.39 is 9.85 Å². The molecule has 0 spiro atoms. The van der Waals surface area contributed by atoms with Crippen LogP contribution in [0, 0.1) is 20.2 Å². The molecule has 0 saturated carbocycles. The first-order valence-electron chi connectivity index (χ1n) is 10.2. The minimum Gasteiger partial charge on any atom is -0.361 e. The van der Waals surface area contributed by atoms with Crippen molar-refractivity contribution in [3.63, 3.8) is 0 Å². The summed E-state index contributed by atoms with van der Waals surface area (Å²) in [5.74, 6) is -0.446. The van der Waals surface area contributed by atoms with Crippen LogP contribution in [-0.2, 0) is 4.79 Å². The number of hydrogen-bond acceptors (Lipinski definition) is 5. The number of rotatable bonds is 8. The summed E-state index contributed by atoms with van der Waals surface area (Å²) < 4.78 is 0. The number of nitrogens with one attached hydrogen (secondary N) is 1. The number of carbonyl (C=O) groups is 1. The van der Waals surface area contributed by atoms with Crippen LogP contribution in [0.2, 0.25) is 0 Å². The lowest BCUT2D eigenvalue weighted by molar-refractivity contribution is -0.385. The lowest BCUT2D eigenvalue weighted by atomic mass is 9.86. The van der Waals surface area contributed by atoms with E-state index in [0.717, 1.165) is 22.0 Å². The third-order valence-electron chi connectivity index (χ3n) is 5.47. The number of nitrogens with zero attached hydrogens (tertiary/aromatic N) is 2. The molecular formula is C25H19N3O5. The third-order valence-corrected chi connectivity index (χ3v) is 5.47. The van der Waals surface area contributed by atoms with Gasteiger partial charge in [0.1, 0.15) is 0 Å². The molecule has 1 aromatic heterocycles. The van der Waals surface area contributed by atoms with Crippen LogP contribution < -0.4 is 0 Å². The van der Waals surface area contributed by atoms with E-state index in [0.29, 0.717) is 5.56 Å². The van der Waals surface area contributed by atoms with Gasteiger partial charge < -0.3 is 4.98 Å². The van der Waals surface area contributed by atoms with Gasteiger partial charge in [-0.25, -0.2) is 0 Å². The second kappa shape index (κ2) is 9.27. The molecule has 33 heavy (non-hydrogen) atoms. The highest BCUT2D eigenvalue weighted by Crippen LogP contribution is 2.34. The van der Waals surface area contributed by atoms with Crippen LogP contribution in [0.4, 0.5) is 11.4 Å². The van der Waals surface area contributed by atoms with E-state index in [4.69, 9.17) is 0 Å². The second-order valence-electron chi connectivity index (χ2n) is 7.54. The molecule has 0 aliphatic rings. The van der Waals surface area contributed by atoms with Crippen LogP contribution >= 0.6 is 0 Å². The Kier molecular flexibility index (Phi) is 6.08. The first-order valence-corrected chi connectivity index (χ1v) is 10.2. The van der Waals surface area contributed by atoms with Gasteiger partial charge in [-0.3, -0.25) is 25.0 Å². The molecule has 0 saturated heterocycles. The van der Waals surface area contributed by atoms with Crippen LogP contribution in [0.1, 0.15) is 29.0 Å². The topological polar surface area (TPSA) is 119 Å². The molecule has 3 aromatic carbocycles. The van der Waals surface area contributed by atoms with E-state index in [1.807, 2.05) is 30.5 Å². The van der Waals surface area contributed by atoms with Gasteiger partial charge in [-0.05, 0) is 41.0 Å². The summed E-state index contributed by atoms with van der Waals surface area (Å²) in [6.07, 6.45) is 5.09. The van der Waals surface area contributed by atoms with Crippen LogP contribution in [0.3, 0.4) is 0 Å². The monoisotopic (exact) mass is 441 g/mol. The van der Waals surface area contributed by atoms with Crippen LogP contribution in [0.5, 0.6) is 0 Å². The normalized spacial score (nSPS) is 12.1. The predicted octanol–water partition coefficient (Wildman–Crippen LogP) is 5.79. The van der Waals surface area contributed by atoms with Crippen LogP contribution in [0.25, 0.3) is 17.0 Å². The number of aromatic amines is 1. The van der Waals surface area contributed by atoms with Crippen molar-refractivity contribution in [2.24, 2.45) is 0 Å². The zero-order valence-corrected chi connectivity index (χ0v) is 17.4. The Morgan fingerprint density at radius 3 is 2.12 bits per heavy atom. The van der Waals surface area contributed by atoms with Gasteiger partial charge in [0.15, 0.2) is 5.78 Å². The predicted molar refractivity (Wildman–Crippen MR) is 125 cm³/mol. The maximum absolute atomic E-state index is 12.9. The van der Waals surface area contributed by atoms with E-state index in [9.17, 15) is 25.0 Å². The van der Waals surface area contributed by atoms with Gasteiger partial charge in [0.2, 0.25) is 0 Å². The molecule has 1 unspecified atom stereocenters. The first kappa shape index (κ1) is 21.6. The molecule has 0 radical (unpaired) electrons. The summed E-state index contributed by atoms with van der Waals surface area (Å²) in [6, 6.07) is 19.9. The van der Waals surface area contributed by atoms with Crippen molar-refractivity contribution >= 4 is 34.1 Å². The molecule has 8 heteroatoms. The van der Waals surface area contributed by atoms with Gasteiger partial charge in [0, 0.05) is 53.7 Å². The minimum atomic E-state index is -0.478. The lowest BCUT2D eigenvalue weighted by Crippen LogP contribution is -2.07. The third kappa shape index (κ3) is 4.85. The number of H-pyrrole nitrogens is 1. The Bertz CT molecular complexity index is 1360. The molecule has 0 aliphatic heterocycles. The quantitative estimate of drug-likeness (QED) is 0.211. The SMILES string of the molecule is O=C(/C=C/c1ccc([N+](=O)[O-])cc1)CC(c1ccc([N+](=O)[O-])cc1)c1c[nH]c2ccccc12. The number of nitro groups is 2. The van der Waals surface area contributed by atoms with Crippen LogP contribution in [0.15, 0.2) is 85.1 Å². The Labute approximate surface area is 188 Å². The molecular weight excluding hydrogens is 422 g/mol. The summed E-state index contributed by atoms with van der Waals surface area (Å²) in [5.41, 5.74) is 3.30. The molecule has 164 valence electrons. The van der Waals surface area contributed by atoms with Gasteiger partial charge in [-0.15, -0.1) is 0 Å². The highest BCUT2D eigenvalue weighted by atomic mass is 16.6. The molecule has 1 heterocycles. The first-order chi connectivity index (χ1) is 15.9. The molecule has 8 nitrogen and oxygen atoms in total. The number of aromatic nitrogens is 1. The molecule has 0 amide bonds. The van der Waals surface area contributed by atoms with Crippen LogP contribution in [-0.4, -0.2) is 20.6 Å². The smallest absolute Gasteiger partial charge is 0.269 e. The fourth-order valence-electron chi connectivity index (χ4n) is 3.78. The van der Waals surface area contributed by atoms with E-state index in [1.54, 1.807) is 30.3 Å². The fourth-order valence-corrected chi connectivity index (χ4v) is 3.78. The van der Waals surface area contributed by atoms with Gasteiger partial charge in [0.05, 0.1) is 9.85 Å². The van der Waals surface area contributed by atoms with E-state index in [-0.39, 0.29) is 29.5 Å². The zero-order valence-electron chi connectivity index (χ0n) is 17.4. The van der Waals surface area contributed by atoms with Crippen molar-refractivity contribution in [1.82, 2.24) is 4.98 Å². The number of allylic oxidation sites excluding steroid dienone is 1. The van der Waals surface area contributed by atoms with Crippen molar-refractivity contribution in [2.75, 3.05) is 0 Å². The summed E-state index contributed by atoms with van der Waals surface area (Å²) in [6.45, 7) is 0. The Morgan fingerprint density at radius 2 is 1.48 bits per heavy atom. The van der Waals surface area contributed by atoms with Crippen molar-refractivity contribution < 1.29 is 14.6 Å². The molecule has 0 bridgehead atoms. The molecule has 0 fully saturated rings. The number of nitro benzene ring substituents is 2. The average Bonchev–Trinajstić information content (AvgIpc) is 3.25. The van der Waals surface area contributed by atoms with E-state index in [1.165, 1.54) is 30.3 Å². The Hall–Kier alpha value is -4.59. The highest BCUT2D eigenvalue weighted by Gasteiger charge is 2.21. The average molecular weight is 441 g/mol. The standard InChI is InChI=1S/C25H19N3O5/c29-21(14-7-17-5-10-19(11-6-17)27(30)31)15-23(18-8-12-20(13-9-18)28(32)33)24-16-26-25-4-2-1-3-22(24)25/h1-14,16,23,26H,15H2/b14-7+. The summed E-state index contributed by atoms with van der Waals surface area (Å²) in [4.78, 5) is 37.0. The summed E-state index contributed by atoms with van der Waals surface area (Å²) in [5, 5.41) is 22.8.